The van der Waals surface area contributed by atoms with Gasteiger partial charge in [0.15, 0.2) is 0 Å². The highest BCUT2D eigenvalue weighted by atomic mass is 16.5. The molecule has 0 saturated heterocycles. The van der Waals surface area contributed by atoms with Crippen molar-refractivity contribution in [1.29, 1.82) is 0 Å². The first-order valence-corrected chi connectivity index (χ1v) is 8.96. The Balaban J connectivity index is 1.43. The van der Waals surface area contributed by atoms with E-state index in [2.05, 4.69) is 26.1 Å². The minimum Gasteiger partial charge on any atom is -0.389 e. The Morgan fingerprint density at radius 2 is 1.90 bits per heavy atom. The molecule has 0 aromatic rings. The molecule has 2 bridgehead atoms. The largest absolute Gasteiger partial charge is 0.389 e. The van der Waals surface area contributed by atoms with Crippen LogP contribution in [-0.4, -0.2) is 36.5 Å². The summed E-state index contributed by atoms with van der Waals surface area (Å²) in [6.07, 6.45) is 9.01. The molecule has 0 aromatic carbocycles. The molecule has 0 amide bonds. The highest BCUT2D eigenvalue weighted by Gasteiger charge is 2.61. The first-order valence-electron chi connectivity index (χ1n) is 8.96. The smallest absolute Gasteiger partial charge is 0.0897 e. The predicted molar refractivity (Wildman–Crippen MR) is 85.2 cm³/mol. The zero-order valence-electron chi connectivity index (χ0n) is 14.0. The minimum atomic E-state index is -0.364. The van der Waals surface area contributed by atoms with Crippen LogP contribution in [0.25, 0.3) is 0 Å². The topological polar surface area (TPSA) is 41.5 Å². The predicted octanol–water partition coefficient (Wildman–Crippen LogP) is 3.11. The van der Waals surface area contributed by atoms with Gasteiger partial charge in [-0.05, 0) is 48.9 Å². The third kappa shape index (κ3) is 2.77. The van der Waals surface area contributed by atoms with E-state index in [0.717, 1.165) is 5.92 Å². The zero-order valence-corrected chi connectivity index (χ0v) is 14.0. The van der Waals surface area contributed by atoms with Crippen LogP contribution in [0.2, 0.25) is 0 Å². The van der Waals surface area contributed by atoms with E-state index in [1.807, 2.05) is 0 Å². The van der Waals surface area contributed by atoms with Gasteiger partial charge in [0.05, 0.1) is 18.8 Å². The second-order valence-electron chi connectivity index (χ2n) is 8.48. The maximum atomic E-state index is 10.2. The molecule has 21 heavy (non-hydrogen) atoms. The average molecular weight is 295 g/mol. The lowest BCUT2D eigenvalue weighted by Crippen LogP contribution is -2.41. The molecule has 3 aliphatic rings. The molecule has 0 heterocycles. The monoisotopic (exact) mass is 295 g/mol. The lowest BCUT2D eigenvalue weighted by Gasteiger charge is -2.39. The Hall–Kier alpha value is -0.120. The Kier molecular flexibility index (Phi) is 4.37. The van der Waals surface area contributed by atoms with Crippen molar-refractivity contribution in [3.8, 4) is 0 Å². The fraction of sp³-hybridized carbons (Fsp3) is 1.00. The third-order valence-electron chi connectivity index (χ3n) is 7.20. The molecule has 122 valence electrons. The van der Waals surface area contributed by atoms with Crippen LogP contribution in [0, 0.1) is 16.7 Å². The number of hydrogen-bond acceptors (Lipinski definition) is 3. The molecule has 0 aromatic heterocycles. The van der Waals surface area contributed by atoms with Crippen LogP contribution in [0.1, 0.15) is 65.7 Å². The van der Waals surface area contributed by atoms with Gasteiger partial charge in [0, 0.05) is 12.6 Å². The summed E-state index contributed by atoms with van der Waals surface area (Å²) in [5.41, 5.74) is 0.695. The van der Waals surface area contributed by atoms with Crippen molar-refractivity contribution < 1.29 is 9.84 Å². The van der Waals surface area contributed by atoms with E-state index in [1.165, 1.54) is 44.9 Å². The van der Waals surface area contributed by atoms with Crippen LogP contribution in [0.4, 0.5) is 0 Å². The fourth-order valence-corrected chi connectivity index (χ4v) is 5.10. The average Bonchev–Trinajstić information content (AvgIpc) is 3.08. The summed E-state index contributed by atoms with van der Waals surface area (Å²) in [7, 11) is 0. The summed E-state index contributed by atoms with van der Waals surface area (Å²) in [6.45, 7) is 8.38. The summed E-state index contributed by atoms with van der Waals surface area (Å²) >= 11 is 0. The standard InChI is InChI=1S/C18H33NO2/c1-17(2)13-8-9-18(17,3)16(10-13)21-12-15(20)11-19-14-6-4-5-7-14/h13-16,19-20H,4-12H2,1-3H3/t13-,15-,16-,18-/m0/s1. The van der Waals surface area contributed by atoms with E-state index < -0.39 is 0 Å². The van der Waals surface area contributed by atoms with E-state index in [0.29, 0.717) is 36.1 Å². The molecule has 3 nitrogen and oxygen atoms in total. The Labute approximate surface area is 129 Å². The lowest BCUT2D eigenvalue weighted by atomic mass is 9.70. The summed E-state index contributed by atoms with van der Waals surface area (Å²) in [5, 5.41) is 13.7. The van der Waals surface area contributed by atoms with Gasteiger partial charge in [-0.2, -0.15) is 0 Å². The molecule has 0 aliphatic heterocycles. The summed E-state index contributed by atoms with van der Waals surface area (Å²) in [6, 6.07) is 0.624. The van der Waals surface area contributed by atoms with Crippen molar-refractivity contribution in [2.24, 2.45) is 16.7 Å². The van der Waals surface area contributed by atoms with Crippen LogP contribution in [0.15, 0.2) is 0 Å². The van der Waals surface area contributed by atoms with E-state index in [1.54, 1.807) is 0 Å². The van der Waals surface area contributed by atoms with Crippen molar-refractivity contribution in [3.63, 3.8) is 0 Å². The second kappa shape index (κ2) is 5.82. The van der Waals surface area contributed by atoms with Crippen LogP contribution < -0.4 is 5.32 Å². The van der Waals surface area contributed by atoms with Crippen LogP contribution >= 0.6 is 0 Å². The molecule has 3 saturated carbocycles. The van der Waals surface area contributed by atoms with Gasteiger partial charge >= 0.3 is 0 Å². The Morgan fingerprint density at radius 3 is 2.48 bits per heavy atom. The maximum Gasteiger partial charge on any atom is 0.0897 e. The number of fused-ring (bicyclic) bond motifs is 2. The molecular weight excluding hydrogens is 262 g/mol. The van der Waals surface area contributed by atoms with Gasteiger partial charge in [-0.1, -0.05) is 33.6 Å². The highest BCUT2D eigenvalue weighted by Crippen LogP contribution is 2.66. The molecule has 2 N–H and O–H groups in total. The zero-order chi connectivity index (χ0) is 15.1. The number of rotatable bonds is 6. The summed E-state index contributed by atoms with van der Waals surface area (Å²) in [5.74, 6) is 0.807. The van der Waals surface area contributed by atoms with Crippen LogP contribution in [-0.2, 0) is 4.74 Å². The van der Waals surface area contributed by atoms with Crippen molar-refractivity contribution >= 4 is 0 Å². The Bertz CT molecular complexity index is 364. The molecule has 0 spiro atoms. The summed E-state index contributed by atoms with van der Waals surface area (Å²) < 4.78 is 6.16. The number of nitrogens with one attached hydrogen (secondary N) is 1. The number of hydrogen-bond donors (Lipinski definition) is 2. The molecular formula is C18H33NO2. The Morgan fingerprint density at radius 1 is 1.19 bits per heavy atom. The van der Waals surface area contributed by atoms with Crippen molar-refractivity contribution in [2.75, 3.05) is 13.2 Å². The number of ether oxygens (including phenoxy) is 1. The molecule has 4 atom stereocenters. The van der Waals surface area contributed by atoms with Gasteiger partial charge in [0.1, 0.15) is 0 Å². The van der Waals surface area contributed by atoms with Gasteiger partial charge in [0.25, 0.3) is 0 Å². The third-order valence-corrected chi connectivity index (χ3v) is 7.20. The molecule has 3 heteroatoms. The van der Waals surface area contributed by atoms with Crippen LogP contribution in [0.5, 0.6) is 0 Å². The lowest BCUT2D eigenvalue weighted by molar-refractivity contribution is -0.0744. The van der Waals surface area contributed by atoms with E-state index in [9.17, 15) is 5.11 Å². The van der Waals surface area contributed by atoms with Crippen molar-refractivity contribution in [2.45, 2.75) is 84.0 Å². The van der Waals surface area contributed by atoms with E-state index in [-0.39, 0.29) is 6.10 Å². The highest BCUT2D eigenvalue weighted by molar-refractivity contribution is 5.11. The first-order chi connectivity index (χ1) is 9.93. The summed E-state index contributed by atoms with van der Waals surface area (Å²) in [4.78, 5) is 0. The van der Waals surface area contributed by atoms with E-state index >= 15 is 0 Å². The van der Waals surface area contributed by atoms with E-state index in [4.69, 9.17) is 4.74 Å². The molecule has 0 radical (unpaired) electrons. The SMILES string of the molecule is CC1(C)[C@H]2CC[C@@]1(C)[C@@H](OC[C@@H](O)CNC1CCCC1)C2. The van der Waals surface area contributed by atoms with Gasteiger partial charge < -0.3 is 15.2 Å². The number of aliphatic hydroxyl groups is 1. The van der Waals surface area contributed by atoms with Crippen LogP contribution in [0.3, 0.4) is 0 Å². The quantitative estimate of drug-likeness (QED) is 0.791. The van der Waals surface area contributed by atoms with Crippen molar-refractivity contribution in [1.82, 2.24) is 5.32 Å². The second-order valence-corrected chi connectivity index (χ2v) is 8.48. The normalized spacial score (nSPS) is 40.0. The number of aliphatic hydroxyl groups excluding tert-OH is 1. The molecule has 3 aliphatic carbocycles. The van der Waals surface area contributed by atoms with Crippen molar-refractivity contribution in [3.05, 3.63) is 0 Å². The maximum absolute atomic E-state index is 10.2. The first kappa shape index (κ1) is 15.8. The fourth-order valence-electron chi connectivity index (χ4n) is 5.10. The van der Waals surface area contributed by atoms with Gasteiger partial charge in [-0.25, -0.2) is 0 Å². The van der Waals surface area contributed by atoms with Gasteiger partial charge in [0.2, 0.25) is 0 Å². The van der Waals surface area contributed by atoms with Gasteiger partial charge in [-0.3, -0.25) is 0 Å². The molecule has 0 unspecified atom stereocenters. The molecule has 3 rings (SSSR count). The molecule has 3 fully saturated rings. The van der Waals surface area contributed by atoms with Gasteiger partial charge in [-0.15, -0.1) is 0 Å². The minimum absolute atomic E-state index is 0.302.